The lowest BCUT2D eigenvalue weighted by molar-refractivity contribution is -0.126. The molecular formula is C23H36N2O2. The standard InChI is InChI=1S/C23H36N2O2/c1-5-16-11-19(21(26)20(12-16)23(2,3)4)15-25-10-6-7-18(14-25)22(27)24-13-17-8-9-17/h11-12,17-18,26H,5-10,13-15H2,1-4H3,(H,24,27). The minimum absolute atomic E-state index is 0.0797. The highest BCUT2D eigenvalue weighted by Gasteiger charge is 2.29. The highest BCUT2D eigenvalue weighted by atomic mass is 16.3. The summed E-state index contributed by atoms with van der Waals surface area (Å²) in [5.74, 6) is 1.45. The molecule has 2 fully saturated rings. The van der Waals surface area contributed by atoms with Gasteiger partial charge in [0.25, 0.3) is 0 Å². The van der Waals surface area contributed by atoms with Crippen molar-refractivity contribution in [3.05, 3.63) is 28.8 Å². The average molecular weight is 373 g/mol. The lowest BCUT2D eigenvalue weighted by Crippen LogP contribution is -2.43. The Morgan fingerprint density at radius 2 is 2.00 bits per heavy atom. The molecule has 1 heterocycles. The molecule has 1 unspecified atom stereocenters. The Kier molecular flexibility index (Phi) is 6.15. The number of nitrogens with zero attached hydrogens (tertiary/aromatic N) is 1. The average Bonchev–Trinajstić information content (AvgIpc) is 3.45. The molecular weight excluding hydrogens is 336 g/mol. The van der Waals surface area contributed by atoms with Gasteiger partial charge in [-0.2, -0.15) is 0 Å². The van der Waals surface area contributed by atoms with Gasteiger partial charge in [-0.1, -0.05) is 39.8 Å². The van der Waals surface area contributed by atoms with Gasteiger partial charge < -0.3 is 10.4 Å². The predicted octanol–water partition coefficient (Wildman–Crippen LogP) is 3.99. The van der Waals surface area contributed by atoms with Crippen LogP contribution in [0.25, 0.3) is 0 Å². The molecule has 1 atom stereocenters. The number of hydrogen-bond acceptors (Lipinski definition) is 3. The summed E-state index contributed by atoms with van der Waals surface area (Å²) in [4.78, 5) is 14.8. The molecule has 0 spiro atoms. The second-order valence-corrected chi connectivity index (χ2v) is 9.52. The highest BCUT2D eigenvalue weighted by molar-refractivity contribution is 5.79. The fraction of sp³-hybridized carbons (Fsp3) is 0.696. The maximum Gasteiger partial charge on any atom is 0.224 e. The molecule has 1 aliphatic heterocycles. The third kappa shape index (κ3) is 5.25. The molecule has 27 heavy (non-hydrogen) atoms. The van der Waals surface area contributed by atoms with E-state index in [1.165, 1.54) is 18.4 Å². The van der Waals surface area contributed by atoms with Gasteiger partial charge >= 0.3 is 0 Å². The summed E-state index contributed by atoms with van der Waals surface area (Å²) < 4.78 is 0. The van der Waals surface area contributed by atoms with Crippen LogP contribution in [-0.2, 0) is 23.2 Å². The van der Waals surface area contributed by atoms with Crippen LogP contribution in [0.3, 0.4) is 0 Å². The van der Waals surface area contributed by atoms with Gasteiger partial charge in [-0.15, -0.1) is 0 Å². The Hall–Kier alpha value is -1.55. The number of hydrogen-bond donors (Lipinski definition) is 2. The van der Waals surface area contributed by atoms with Gasteiger partial charge in [0.2, 0.25) is 5.91 Å². The maximum atomic E-state index is 12.5. The Bertz CT molecular complexity index is 674. The van der Waals surface area contributed by atoms with Gasteiger partial charge in [0.05, 0.1) is 5.92 Å². The second kappa shape index (κ2) is 8.22. The van der Waals surface area contributed by atoms with Crippen LogP contribution >= 0.6 is 0 Å². The molecule has 3 rings (SSSR count). The molecule has 1 aliphatic carbocycles. The van der Waals surface area contributed by atoms with Crippen LogP contribution in [0.4, 0.5) is 0 Å². The van der Waals surface area contributed by atoms with E-state index in [0.29, 0.717) is 5.75 Å². The topological polar surface area (TPSA) is 52.6 Å². The fourth-order valence-corrected chi connectivity index (χ4v) is 4.02. The van der Waals surface area contributed by atoms with E-state index in [1.54, 1.807) is 0 Å². The van der Waals surface area contributed by atoms with Crippen molar-refractivity contribution in [3.8, 4) is 5.75 Å². The zero-order valence-corrected chi connectivity index (χ0v) is 17.5. The van der Waals surface area contributed by atoms with E-state index in [0.717, 1.165) is 62.5 Å². The summed E-state index contributed by atoms with van der Waals surface area (Å²) in [7, 11) is 0. The lowest BCUT2D eigenvalue weighted by atomic mass is 9.83. The van der Waals surface area contributed by atoms with Crippen molar-refractivity contribution in [2.24, 2.45) is 11.8 Å². The highest BCUT2D eigenvalue weighted by Crippen LogP contribution is 2.36. The molecule has 4 heteroatoms. The Morgan fingerprint density at radius 1 is 1.26 bits per heavy atom. The number of carbonyl (C=O) groups excluding carboxylic acids is 1. The number of phenolic OH excluding ortho intramolecular Hbond substituents is 1. The number of aryl methyl sites for hydroxylation is 1. The molecule has 0 aromatic heterocycles. The number of amides is 1. The molecule has 1 aromatic carbocycles. The molecule has 1 saturated heterocycles. The quantitative estimate of drug-likeness (QED) is 0.794. The van der Waals surface area contributed by atoms with Crippen molar-refractivity contribution in [2.75, 3.05) is 19.6 Å². The van der Waals surface area contributed by atoms with Crippen molar-refractivity contribution < 1.29 is 9.90 Å². The third-order valence-electron chi connectivity index (χ3n) is 6.00. The van der Waals surface area contributed by atoms with Gasteiger partial charge in [0.1, 0.15) is 5.75 Å². The first-order valence-corrected chi connectivity index (χ1v) is 10.6. The molecule has 1 saturated carbocycles. The first kappa shape index (κ1) is 20.2. The molecule has 2 N–H and O–H groups in total. The van der Waals surface area contributed by atoms with Crippen LogP contribution < -0.4 is 5.32 Å². The van der Waals surface area contributed by atoms with Gasteiger partial charge in [0, 0.05) is 25.2 Å². The zero-order chi connectivity index (χ0) is 19.6. The van der Waals surface area contributed by atoms with Crippen LogP contribution in [0.2, 0.25) is 0 Å². The number of phenols is 1. The van der Waals surface area contributed by atoms with Gasteiger partial charge in [0.15, 0.2) is 0 Å². The molecule has 1 amide bonds. The summed E-state index contributed by atoms with van der Waals surface area (Å²) in [6.07, 6.45) is 5.51. The van der Waals surface area contributed by atoms with E-state index in [2.05, 4.69) is 50.0 Å². The Balaban J connectivity index is 1.69. The number of aromatic hydroxyl groups is 1. The number of nitrogens with one attached hydrogen (secondary N) is 1. The van der Waals surface area contributed by atoms with E-state index < -0.39 is 0 Å². The summed E-state index contributed by atoms with van der Waals surface area (Å²) in [5, 5.41) is 14.0. The second-order valence-electron chi connectivity index (χ2n) is 9.52. The number of rotatable bonds is 6. The SMILES string of the molecule is CCc1cc(CN2CCCC(C(=O)NCC3CC3)C2)c(O)c(C(C)(C)C)c1. The maximum absolute atomic E-state index is 12.5. The normalized spacial score (nSPS) is 21.3. The minimum atomic E-state index is -0.0862. The number of benzene rings is 1. The monoisotopic (exact) mass is 372 g/mol. The van der Waals surface area contributed by atoms with Crippen LogP contribution in [0, 0.1) is 11.8 Å². The van der Waals surface area contributed by atoms with Gasteiger partial charge in [-0.05, 0) is 61.1 Å². The largest absolute Gasteiger partial charge is 0.507 e. The molecule has 2 aliphatic rings. The van der Waals surface area contributed by atoms with Crippen LogP contribution in [0.1, 0.15) is 70.1 Å². The predicted molar refractivity (Wildman–Crippen MR) is 110 cm³/mol. The minimum Gasteiger partial charge on any atom is -0.507 e. The Morgan fingerprint density at radius 3 is 2.63 bits per heavy atom. The fourth-order valence-electron chi connectivity index (χ4n) is 4.02. The third-order valence-corrected chi connectivity index (χ3v) is 6.00. The van der Waals surface area contributed by atoms with E-state index in [9.17, 15) is 9.90 Å². The molecule has 4 nitrogen and oxygen atoms in total. The van der Waals surface area contributed by atoms with Crippen molar-refractivity contribution >= 4 is 5.91 Å². The van der Waals surface area contributed by atoms with Crippen molar-refractivity contribution in [3.63, 3.8) is 0 Å². The van der Waals surface area contributed by atoms with Crippen LogP contribution in [0.5, 0.6) is 5.75 Å². The number of likely N-dealkylation sites (tertiary alicyclic amines) is 1. The van der Waals surface area contributed by atoms with Gasteiger partial charge in [-0.3, -0.25) is 9.69 Å². The molecule has 0 bridgehead atoms. The van der Waals surface area contributed by atoms with Crippen molar-refractivity contribution in [1.29, 1.82) is 0 Å². The lowest BCUT2D eigenvalue weighted by Gasteiger charge is -2.33. The van der Waals surface area contributed by atoms with Crippen LogP contribution in [0.15, 0.2) is 12.1 Å². The van der Waals surface area contributed by atoms with Crippen molar-refractivity contribution in [1.82, 2.24) is 10.2 Å². The van der Waals surface area contributed by atoms with E-state index >= 15 is 0 Å². The van der Waals surface area contributed by atoms with Crippen molar-refractivity contribution in [2.45, 2.75) is 71.8 Å². The molecule has 0 radical (unpaired) electrons. The van der Waals surface area contributed by atoms with Crippen LogP contribution in [-0.4, -0.2) is 35.5 Å². The van der Waals surface area contributed by atoms with E-state index in [-0.39, 0.29) is 17.2 Å². The summed E-state index contributed by atoms with van der Waals surface area (Å²) in [5.41, 5.74) is 3.20. The summed E-state index contributed by atoms with van der Waals surface area (Å²) in [6, 6.07) is 4.28. The van der Waals surface area contributed by atoms with E-state index in [1.807, 2.05) is 0 Å². The zero-order valence-electron chi connectivity index (χ0n) is 17.5. The Labute approximate surface area is 164 Å². The molecule has 150 valence electrons. The first-order chi connectivity index (χ1) is 12.8. The van der Waals surface area contributed by atoms with E-state index in [4.69, 9.17) is 0 Å². The van der Waals surface area contributed by atoms with Gasteiger partial charge in [-0.25, -0.2) is 0 Å². The first-order valence-electron chi connectivity index (χ1n) is 10.6. The summed E-state index contributed by atoms with van der Waals surface area (Å²) in [6.45, 7) is 11.9. The number of piperidine rings is 1. The number of carbonyl (C=O) groups is 1. The molecule has 1 aromatic rings. The smallest absolute Gasteiger partial charge is 0.224 e. The summed E-state index contributed by atoms with van der Waals surface area (Å²) >= 11 is 0.